The lowest BCUT2D eigenvalue weighted by atomic mass is 9.97. The number of nitrogens with zero attached hydrogens (tertiary/aromatic N) is 2. The van der Waals surface area contributed by atoms with Crippen LogP contribution in [-0.2, 0) is 28.7 Å². The molecular weight excluding hydrogens is 366 g/mol. The Balaban J connectivity index is 1.88. The van der Waals surface area contributed by atoms with Gasteiger partial charge in [0, 0.05) is 13.1 Å². The van der Waals surface area contributed by atoms with E-state index in [0.717, 1.165) is 0 Å². The molecule has 0 aromatic heterocycles. The molecule has 2 heterocycles. The largest absolute Gasteiger partial charge is 0.466 e. The van der Waals surface area contributed by atoms with Gasteiger partial charge in [0.15, 0.2) is 0 Å². The van der Waals surface area contributed by atoms with Crippen LogP contribution in [0.15, 0.2) is 0 Å². The molecule has 0 aliphatic carbocycles. The van der Waals surface area contributed by atoms with Crippen molar-refractivity contribution in [3.63, 3.8) is 0 Å². The first-order valence-corrected chi connectivity index (χ1v) is 10.1. The summed E-state index contributed by atoms with van der Waals surface area (Å²) < 4.78 is 10.1. The summed E-state index contributed by atoms with van der Waals surface area (Å²) in [6, 6.07) is -0.831. The van der Waals surface area contributed by atoms with Crippen molar-refractivity contribution in [1.82, 2.24) is 15.1 Å². The van der Waals surface area contributed by atoms with Gasteiger partial charge in [0.1, 0.15) is 6.04 Å². The van der Waals surface area contributed by atoms with E-state index in [1.807, 2.05) is 11.8 Å². The van der Waals surface area contributed by atoms with Crippen LogP contribution in [0.5, 0.6) is 0 Å². The Morgan fingerprint density at radius 2 is 1.82 bits per heavy atom. The van der Waals surface area contributed by atoms with Gasteiger partial charge in [-0.2, -0.15) is 0 Å². The minimum absolute atomic E-state index is 0.117. The van der Waals surface area contributed by atoms with Crippen molar-refractivity contribution in [3.8, 4) is 0 Å². The number of piperidine rings is 1. The summed E-state index contributed by atoms with van der Waals surface area (Å²) in [5, 5.41) is 2.71. The van der Waals surface area contributed by atoms with Gasteiger partial charge < -0.3 is 19.7 Å². The maximum absolute atomic E-state index is 12.8. The minimum Gasteiger partial charge on any atom is -0.466 e. The summed E-state index contributed by atoms with van der Waals surface area (Å²) in [6.45, 7) is 6.51. The fourth-order valence-corrected chi connectivity index (χ4v) is 3.52. The Kier molecular flexibility index (Phi) is 8.69. The normalized spacial score (nSPS) is 21.1. The van der Waals surface area contributed by atoms with E-state index in [9.17, 15) is 19.2 Å². The summed E-state index contributed by atoms with van der Waals surface area (Å²) >= 11 is 0. The second-order valence-corrected chi connectivity index (χ2v) is 7.12. The Labute approximate surface area is 165 Å². The molecule has 2 aliphatic heterocycles. The molecule has 2 saturated heterocycles. The van der Waals surface area contributed by atoms with Gasteiger partial charge in [0.2, 0.25) is 11.8 Å². The van der Waals surface area contributed by atoms with Crippen LogP contribution >= 0.6 is 0 Å². The summed E-state index contributed by atoms with van der Waals surface area (Å²) in [6.07, 6.45) is 1.87. The molecule has 0 spiro atoms. The molecule has 0 aromatic rings. The number of likely N-dealkylation sites (tertiary alicyclic amines) is 1. The van der Waals surface area contributed by atoms with Crippen molar-refractivity contribution in [1.29, 1.82) is 0 Å². The van der Waals surface area contributed by atoms with Crippen LogP contribution in [-0.4, -0.2) is 85.5 Å². The molecule has 2 amide bonds. The third-order valence-corrected chi connectivity index (χ3v) is 5.04. The van der Waals surface area contributed by atoms with E-state index in [2.05, 4.69) is 5.32 Å². The maximum atomic E-state index is 12.8. The number of carbonyl (C=O) groups is 4. The van der Waals surface area contributed by atoms with Crippen LogP contribution in [0.4, 0.5) is 0 Å². The molecule has 0 radical (unpaired) electrons. The lowest BCUT2D eigenvalue weighted by Gasteiger charge is -2.37. The molecule has 9 nitrogen and oxygen atoms in total. The average molecular weight is 397 g/mol. The number of nitrogens with one attached hydrogen (secondary N) is 1. The van der Waals surface area contributed by atoms with E-state index in [1.54, 1.807) is 6.92 Å². The average Bonchev–Trinajstić information content (AvgIpc) is 2.68. The molecule has 0 aromatic carbocycles. The molecule has 28 heavy (non-hydrogen) atoms. The number of hydrogen-bond donors (Lipinski definition) is 1. The van der Waals surface area contributed by atoms with E-state index in [-0.39, 0.29) is 36.7 Å². The number of rotatable bonds is 8. The number of hydrogen-bond acceptors (Lipinski definition) is 7. The predicted molar refractivity (Wildman–Crippen MR) is 100 cm³/mol. The summed E-state index contributed by atoms with van der Waals surface area (Å²) in [5.74, 6) is -1.27. The van der Waals surface area contributed by atoms with Gasteiger partial charge in [-0.3, -0.25) is 24.1 Å². The number of amides is 2. The topological polar surface area (TPSA) is 105 Å². The van der Waals surface area contributed by atoms with Crippen molar-refractivity contribution in [2.75, 3.05) is 45.9 Å². The van der Waals surface area contributed by atoms with Gasteiger partial charge in [-0.1, -0.05) is 6.92 Å². The first-order valence-electron chi connectivity index (χ1n) is 10.1. The smallest absolute Gasteiger partial charge is 0.309 e. The highest BCUT2D eigenvalue weighted by atomic mass is 16.5. The Morgan fingerprint density at radius 1 is 1.11 bits per heavy atom. The molecule has 2 fully saturated rings. The van der Waals surface area contributed by atoms with Crippen molar-refractivity contribution >= 4 is 23.8 Å². The van der Waals surface area contributed by atoms with Crippen molar-refractivity contribution in [3.05, 3.63) is 0 Å². The van der Waals surface area contributed by atoms with Gasteiger partial charge >= 0.3 is 11.9 Å². The number of ether oxygens (including phenoxy) is 2. The third-order valence-electron chi connectivity index (χ3n) is 5.04. The zero-order valence-corrected chi connectivity index (χ0v) is 16.8. The minimum atomic E-state index is -0.831. The SMILES string of the molecule is CCCOC(=O)CC1C(=O)NCCN1C(=O)CN1CCC(C(=O)OCC)CC1. The first kappa shape index (κ1) is 22.1. The van der Waals surface area contributed by atoms with Crippen LogP contribution in [0.1, 0.15) is 39.5 Å². The molecule has 2 aliphatic rings. The van der Waals surface area contributed by atoms with Crippen LogP contribution in [0.2, 0.25) is 0 Å². The van der Waals surface area contributed by atoms with E-state index < -0.39 is 12.0 Å². The fraction of sp³-hybridized carbons (Fsp3) is 0.789. The molecule has 1 atom stereocenters. The van der Waals surface area contributed by atoms with Crippen molar-refractivity contribution in [2.45, 2.75) is 45.6 Å². The summed E-state index contributed by atoms with van der Waals surface area (Å²) in [5.41, 5.74) is 0. The highest BCUT2D eigenvalue weighted by Gasteiger charge is 2.36. The summed E-state index contributed by atoms with van der Waals surface area (Å²) in [4.78, 5) is 52.2. The standard InChI is InChI=1S/C19H31N3O6/c1-3-11-28-17(24)12-15-18(25)20-7-10-22(15)16(23)13-21-8-5-14(6-9-21)19(26)27-4-2/h14-15H,3-13H2,1-2H3,(H,20,25). The number of carbonyl (C=O) groups excluding carboxylic acids is 4. The second-order valence-electron chi connectivity index (χ2n) is 7.12. The Morgan fingerprint density at radius 3 is 2.46 bits per heavy atom. The first-order chi connectivity index (χ1) is 13.5. The predicted octanol–water partition coefficient (Wildman–Crippen LogP) is -0.0682. The van der Waals surface area contributed by atoms with Gasteiger partial charge in [-0.15, -0.1) is 0 Å². The van der Waals surface area contributed by atoms with Crippen LogP contribution in [0.3, 0.4) is 0 Å². The fourth-order valence-electron chi connectivity index (χ4n) is 3.52. The second kappa shape index (κ2) is 11.0. The van der Waals surface area contributed by atoms with Crippen LogP contribution in [0, 0.1) is 5.92 Å². The van der Waals surface area contributed by atoms with E-state index >= 15 is 0 Å². The highest BCUT2D eigenvalue weighted by Crippen LogP contribution is 2.19. The van der Waals surface area contributed by atoms with Gasteiger partial charge in [-0.05, 0) is 39.3 Å². The molecule has 0 saturated carbocycles. The van der Waals surface area contributed by atoms with Crippen molar-refractivity contribution in [2.24, 2.45) is 5.92 Å². The zero-order valence-electron chi connectivity index (χ0n) is 16.8. The van der Waals surface area contributed by atoms with E-state index in [4.69, 9.17) is 9.47 Å². The molecule has 0 bridgehead atoms. The molecule has 1 unspecified atom stereocenters. The molecular formula is C19H31N3O6. The number of esters is 2. The van der Waals surface area contributed by atoms with E-state index in [1.165, 1.54) is 4.90 Å². The molecule has 9 heteroatoms. The summed E-state index contributed by atoms with van der Waals surface area (Å²) in [7, 11) is 0. The lowest BCUT2D eigenvalue weighted by molar-refractivity contribution is -0.152. The number of piperazine rings is 1. The van der Waals surface area contributed by atoms with Gasteiger partial charge in [-0.25, -0.2) is 0 Å². The molecule has 1 N–H and O–H groups in total. The third kappa shape index (κ3) is 6.19. The van der Waals surface area contributed by atoms with Gasteiger partial charge in [0.05, 0.1) is 32.1 Å². The Bertz CT molecular complexity index is 574. The highest BCUT2D eigenvalue weighted by molar-refractivity contribution is 5.92. The van der Waals surface area contributed by atoms with E-state index in [0.29, 0.717) is 58.7 Å². The van der Waals surface area contributed by atoms with Crippen molar-refractivity contribution < 1.29 is 28.7 Å². The quantitative estimate of drug-likeness (QED) is 0.572. The Hall–Kier alpha value is -2.16. The molecule has 2 rings (SSSR count). The maximum Gasteiger partial charge on any atom is 0.309 e. The molecule has 158 valence electrons. The van der Waals surface area contributed by atoms with Gasteiger partial charge in [0.25, 0.3) is 0 Å². The zero-order chi connectivity index (χ0) is 20.5. The lowest BCUT2D eigenvalue weighted by Crippen LogP contribution is -2.59. The van der Waals surface area contributed by atoms with Crippen LogP contribution in [0.25, 0.3) is 0 Å². The van der Waals surface area contributed by atoms with Crippen LogP contribution < -0.4 is 5.32 Å². The monoisotopic (exact) mass is 397 g/mol.